The van der Waals surface area contributed by atoms with Gasteiger partial charge in [0, 0.05) is 24.5 Å². The van der Waals surface area contributed by atoms with E-state index in [9.17, 15) is 9.59 Å². The minimum Gasteiger partial charge on any atom is -0.355 e. The van der Waals surface area contributed by atoms with Gasteiger partial charge in [-0.05, 0) is 26.0 Å². The quantitative estimate of drug-likeness (QED) is 0.770. The molecule has 0 aromatic carbocycles. The molecule has 2 amide bonds. The van der Waals surface area contributed by atoms with Crippen LogP contribution in [0.25, 0.3) is 0 Å². The topological polar surface area (TPSA) is 71.1 Å². The Morgan fingerprint density at radius 3 is 2.56 bits per heavy atom. The van der Waals surface area contributed by atoms with Crippen molar-refractivity contribution in [3.05, 3.63) is 30.1 Å². The molecule has 86 valence electrons. The molecular formula is C11H15N3O2. The summed E-state index contributed by atoms with van der Waals surface area (Å²) in [6.45, 7) is 4.02. The van der Waals surface area contributed by atoms with Gasteiger partial charge < -0.3 is 10.6 Å². The second kappa shape index (κ2) is 5.85. The Morgan fingerprint density at radius 1 is 1.38 bits per heavy atom. The third-order valence-electron chi connectivity index (χ3n) is 2.03. The second-order valence-electron chi connectivity index (χ2n) is 3.33. The Morgan fingerprint density at radius 2 is 2.00 bits per heavy atom. The zero-order valence-electron chi connectivity index (χ0n) is 9.36. The van der Waals surface area contributed by atoms with E-state index >= 15 is 0 Å². The van der Waals surface area contributed by atoms with Crippen LogP contribution in [0, 0.1) is 0 Å². The van der Waals surface area contributed by atoms with Gasteiger partial charge in [-0.25, -0.2) is 0 Å². The predicted octanol–water partition coefficient (Wildman–Crippen LogP) is 0.336. The van der Waals surface area contributed by atoms with Crippen molar-refractivity contribution in [2.24, 2.45) is 0 Å². The fourth-order valence-electron chi connectivity index (χ4n) is 1.18. The number of aromatic nitrogens is 1. The lowest BCUT2D eigenvalue weighted by Gasteiger charge is -2.12. The molecular weight excluding hydrogens is 206 g/mol. The lowest BCUT2D eigenvalue weighted by Crippen LogP contribution is -2.44. The predicted molar refractivity (Wildman–Crippen MR) is 59.8 cm³/mol. The average Bonchev–Trinajstić information content (AvgIpc) is 2.30. The molecule has 5 heteroatoms. The van der Waals surface area contributed by atoms with Gasteiger partial charge in [-0.1, -0.05) is 0 Å². The van der Waals surface area contributed by atoms with Crippen molar-refractivity contribution in [2.45, 2.75) is 19.9 Å². The van der Waals surface area contributed by atoms with Crippen LogP contribution in [0.4, 0.5) is 0 Å². The Hall–Kier alpha value is -1.91. The fourth-order valence-corrected chi connectivity index (χ4v) is 1.18. The van der Waals surface area contributed by atoms with Gasteiger partial charge in [-0.3, -0.25) is 14.6 Å². The number of hydrogen-bond donors (Lipinski definition) is 2. The van der Waals surface area contributed by atoms with Crippen molar-refractivity contribution >= 4 is 11.8 Å². The van der Waals surface area contributed by atoms with E-state index in [-0.39, 0.29) is 11.8 Å². The molecule has 0 radical (unpaired) electrons. The van der Waals surface area contributed by atoms with Crippen LogP contribution in [0.5, 0.6) is 0 Å². The van der Waals surface area contributed by atoms with Crippen LogP contribution < -0.4 is 10.6 Å². The molecule has 1 aromatic rings. The molecule has 0 spiro atoms. The maximum atomic E-state index is 11.6. The number of nitrogens with one attached hydrogen (secondary N) is 2. The number of carbonyl (C=O) groups excluding carboxylic acids is 2. The third-order valence-corrected chi connectivity index (χ3v) is 2.03. The number of likely N-dealkylation sites (N-methyl/N-ethyl adjacent to an activating group) is 1. The van der Waals surface area contributed by atoms with Crippen LogP contribution in [-0.4, -0.2) is 29.4 Å². The maximum Gasteiger partial charge on any atom is 0.252 e. The molecule has 2 N–H and O–H groups in total. The first-order valence-electron chi connectivity index (χ1n) is 5.13. The Labute approximate surface area is 94.3 Å². The van der Waals surface area contributed by atoms with Crippen LogP contribution in [-0.2, 0) is 4.79 Å². The van der Waals surface area contributed by atoms with E-state index in [1.54, 1.807) is 19.1 Å². The largest absolute Gasteiger partial charge is 0.355 e. The molecule has 0 aliphatic carbocycles. The fraction of sp³-hybridized carbons (Fsp3) is 0.364. The van der Waals surface area contributed by atoms with Gasteiger partial charge in [0.05, 0.1) is 0 Å². The number of amides is 2. The average molecular weight is 221 g/mol. The highest BCUT2D eigenvalue weighted by Crippen LogP contribution is 1.96. The minimum absolute atomic E-state index is 0.190. The number of hydrogen-bond acceptors (Lipinski definition) is 3. The first kappa shape index (κ1) is 12.2. The van der Waals surface area contributed by atoms with Crippen LogP contribution in [0.1, 0.15) is 24.2 Å². The number of carbonyl (C=O) groups is 2. The monoisotopic (exact) mass is 221 g/mol. The van der Waals surface area contributed by atoms with Gasteiger partial charge in [-0.2, -0.15) is 0 Å². The summed E-state index contributed by atoms with van der Waals surface area (Å²) in [5.41, 5.74) is 0.492. The van der Waals surface area contributed by atoms with E-state index in [0.717, 1.165) is 0 Å². The number of nitrogens with zero attached hydrogens (tertiary/aromatic N) is 1. The number of rotatable bonds is 4. The van der Waals surface area contributed by atoms with E-state index < -0.39 is 6.04 Å². The van der Waals surface area contributed by atoms with E-state index in [0.29, 0.717) is 12.1 Å². The normalized spacial score (nSPS) is 11.6. The van der Waals surface area contributed by atoms with Crippen LogP contribution in [0.3, 0.4) is 0 Å². The highest BCUT2D eigenvalue weighted by Gasteiger charge is 2.15. The Balaban J connectivity index is 2.55. The summed E-state index contributed by atoms with van der Waals surface area (Å²) in [5, 5.41) is 5.24. The highest BCUT2D eigenvalue weighted by atomic mass is 16.2. The molecule has 1 atom stereocenters. The van der Waals surface area contributed by atoms with E-state index in [4.69, 9.17) is 0 Å². The van der Waals surface area contributed by atoms with Crippen molar-refractivity contribution in [3.63, 3.8) is 0 Å². The van der Waals surface area contributed by atoms with Gasteiger partial charge in [0.25, 0.3) is 5.91 Å². The Bertz CT molecular complexity index is 365. The summed E-state index contributed by atoms with van der Waals surface area (Å²) in [6.07, 6.45) is 3.07. The van der Waals surface area contributed by atoms with Crippen molar-refractivity contribution < 1.29 is 9.59 Å². The minimum atomic E-state index is -0.541. The lowest BCUT2D eigenvalue weighted by atomic mass is 10.2. The van der Waals surface area contributed by atoms with Crippen LogP contribution in [0.2, 0.25) is 0 Å². The van der Waals surface area contributed by atoms with Crippen molar-refractivity contribution in [1.29, 1.82) is 0 Å². The molecule has 1 unspecified atom stereocenters. The highest BCUT2D eigenvalue weighted by molar-refractivity contribution is 5.97. The van der Waals surface area contributed by atoms with E-state index in [2.05, 4.69) is 15.6 Å². The van der Waals surface area contributed by atoms with E-state index in [1.165, 1.54) is 12.4 Å². The molecule has 0 aliphatic rings. The first-order valence-corrected chi connectivity index (χ1v) is 5.13. The molecule has 0 fully saturated rings. The summed E-state index contributed by atoms with van der Waals surface area (Å²) in [4.78, 5) is 26.8. The smallest absolute Gasteiger partial charge is 0.252 e. The SMILES string of the molecule is CCNC(=O)C(C)NC(=O)c1ccncc1. The van der Waals surface area contributed by atoms with Crippen LogP contribution >= 0.6 is 0 Å². The molecule has 0 bridgehead atoms. The standard InChI is InChI=1S/C11H15N3O2/c1-3-13-10(15)8(2)14-11(16)9-4-6-12-7-5-9/h4-8H,3H2,1-2H3,(H,13,15)(H,14,16). The molecule has 16 heavy (non-hydrogen) atoms. The van der Waals surface area contributed by atoms with Crippen LogP contribution in [0.15, 0.2) is 24.5 Å². The molecule has 1 heterocycles. The molecule has 1 aromatic heterocycles. The van der Waals surface area contributed by atoms with Gasteiger partial charge in [0.15, 0.2) is 0 Å². The summed E-state index contributed by atoms with van der Waals surface area (Å²) in [5.74, 6) is -0.467. The summed E-state index contributed by atoms with van der Waals surface area (Å²) >= 11 is 0. The molecule has 0 saturated carbocycles. The summed E-state index contributed by atoms with van der Waals surface area (Å²) < 4.78 is 0. The second-order valence-corrected chi connectivity index (χ2v) is 3.33. The maximum absolute atomic E-state index is 11.6. The first-order chi connectivity index (χ1) is 7.65. The lowest BCUT2D eigenvalue weighted by molar-refractivity contribution is -0.122. The van der Waals surface area contributed by atoms with Crippen molar-refractivity contribution in [2.75, 3.05) is 6.54 Å². The van der Waals surface area contributed by atoms with Crippen molar-refractivity contribution in [3.8, 4) is 0 Å². The van der Waals surface area contributed by atoms with Gasteiger partial charge in [0.1, 0.15) is 6.04 Å². The summed E-state index contributed by atoms with van der Waals surface area (Å²) in [6, 6.07) is 2.65. The molecule has 5 nitrogen and oxygen atoms in total. The molecule has 0 aliphatic heterocycles. The van der Waals surface area contributed by atoms with Crippen molar-refractivity contribution in [1.82, 2.24) is 15.6 Å². The van der Waals surface area contributed by atoms with Gasteiger partial charge in [-0.15, -0.1) is 0 Å². The number of pyridine rings is 1. The Kier molecular flexibility index (Phi) is 4.44. The van der Waals surface area contributed by atoms with E-state index in [1.807, 2.05) is 6.92 Å². The van der Waals surface area contributed by atoms with Gasteiger partial charge in [0.2, 0.25) is 5.91 Å². The summed E-state index contributed by atoms with van der Waals surface area (Å²) in [7, 11) is 0. The molecule has 1 rings (SSSR count). The zero-order chi connectivity index (χ0) is 12.0. The molecule has 0 saturated heterocycles. The third kappa shape index (κ3) is 3.34. The zero-order valence-corrected chi connectivity index (χ0v) is 9.36. The van der Waals surface area contributed by atoms with Gasteiger partial charge >= 0.3 is 0 Å².